The Labute approximate surface area is 155 Å². The predicted octanol–water partition coefficient (Wildman–Crippen LogP) is 2.47. The van der Waals surface area contributed by atoms with Gasteiger partial charge in [-0.2, -0.15) is 0 Å². The molecule has 0 spiro atoms. The number of methoxy groups -OCH3 is 1. The molecule has 2 rings (SSSR count). The van der Waals surface area contributed by atoms with Crippen LogP contribution in [0.1, 0.15) is 32.6 Å². The Balaban J connectivity index is 2.30. The highest BCUT2D eigenvalue weighted by molar-refractivity contribution is 14.1. The van der Waals surface area contributed by atoms with Crippen LogP contribution < -0.4 is 5.32 Å². The minimum atomic E-state index is -0.660. The molecule has 24 heavy (non-hydrogen) atoms. The molecule has 1 aromatic heterocycles. The van der Waals surface area contributed by atoms with E-state index in [0.717, 1.165) is 9.27 Å². The standard InChI is InChI=1S/C16H23IN4O3/c1-8(2)12(20-16(23)24-5)15(22)21-7-9(3)10(4)13(21)14-18-6-11(17)19-14/h6,8-9,12-13H,4,7H2,1-3,5H3,(H,18,19)(H,20,23)/t9-,12+,13+/m1/s1. The highest BCUT2D eigenvalue weighted by Crippen LogP contribution is 2.38. The summed E-state index contributed by atoms with van der Waals surface area (Å²) in [6, 6.07) is -0.969. The van der Waals surface area contributed by atoms with Gasteiger partial charge in [-0.1, -0.05) is 27.4 Å². The zero-order valence-electron chi connectivity index (χ0n) is 14.3. The number of nitrogens with one attached hydrogen (secondary N) is 2. The maximum absolute atomic E-state index is 13.1. The molecular formula is C16H23IN4O3. The van der Waals surface area contributed by atoms with Crippen molar-refractivity contribution in [1.82, 2.24) is 20.2 Å². The molecule has 2 N–H and O–H groups in total. The normalized spacial score (nSPS) is 21.9. The fourth-order valence-corrected chi connectivity index (χ4v) is 3.27. The molecule has 1 aliphatic heterocycles. The number of nitrogens with zero attached hydrogens (tertiary/aromatic N) is 2. The second-order valence-electron chi connectivity index (χ2n) is 6.34. The fraction of sp³-hybridized carbons (Fsp3) is 0.562. The summed E-state index contributed by atoms with van der Waals surface area (Å²) < 4.78 is 5.54. The Kier molecular flexibility index (Phi) is 5.89. The number of hydrogen-bond acceptors (Lipinski definition) is 4. The molecule has 1 aliphatic rings. The average molecular weight is 446 g/mol. The van der Waals surface area contributed by atoms with Crippen LogP contribution in [0.4, 0.5) is 4.79 Å². The topological polar surface area (TPSA) is 87.3 Å². The lowest BCUT2D eigenvalue weighted by atomic mass is 10.0. The highest BCUT2D eigenvalue weighted by Gasteiger charge is 2.42. The summed E-state index contributed by atoms with van der Waals surface area (Å²) in [5.41, 5.74) is 0.940. The number of H-pyrrole nitrogens is 1. The number of hydrogen-bond donors (Lipinski definition) is 2. The number of aromatic amines is 1. The van der Waals surface area contributed by atoms with Crippen molar-refractivity contribution in [3.63, 3.8) is 0 Å². The van der Waals surface area contributed by atoms with Gasteiger partial charge in [-0.3, -0.25) is 4.79 Å². The summed E-state index contributed by atoms with van der Waals surface area (Å²) in [5, 5.41) is 2.64. The van der Waals surface area contributed by atoms with Gasteiger partial charge in [0.2, 0.25) is 5.91 Å². The molecule has 0 saturated carbocycles. The molecule has 132 valence electrons. The first-order valence-corrected chi connectivity index (χ1v) is 8.88. The molecule has 2 heterocycles. The summed E-state index contributed by atoms with van der Waals surface area (Å²) in [4.78, 5) is 34.0. The molecule has 0 aliphatic carbocycles. The Morgan fingerprint density at radius 1 is 1.54 bits per heavy atom. The van der Waals surface area contributed by atoms with Crippen molar-refractivity contribution in [2.45, 2.75) is 32.9 Å². The summed E-state index contributed by atoms with van der Waals surface area (Å²) in [5.74, 6) is 0.630. The molecule has 0 radical (unpaired) electrons. The summed E-state index contributed by atoms with van der Waals surface area (Å²) >= 11 is 2.14. The van der Waals surface area contributed by atoms with E-state index in [2.05, 4.69) is 49.2 Å². The number of imidazole rings is 1. The summed E-state index contributed by atoms with van der Waals surface area (Å²) in [7, 11) is 1.28. The number of aromatic nitrogens is 2. The summed E-state index contributed by atoms with van der Waals surface area (Å²) in [6.45, 7) is 10.5. The van der Waals surface area contributed by atoms with E-state index in [9.17, 15) is 9.59 Å². The van der Waals surface area contributed by atoms with Crippen LogP contribution in [-0.2, 0) is 9.53 Å². The van der Waals surface area contributed by atoms with Gasteiger partial charge in [-0.05, 0) is 40.0 Å². The van der Waals surface area contributed by atoms with Crippen LogP contribution in [0.25, 0.3) is 0 Å². The number of alkyl carbamates (subject to hydrolysis) is 1. The van der Waals surface area contributed by atoms with Crippen LogP contribution in [0.5, 0.6) is 0 Å². The van der Waals surface area contributed by atoms with Crippen LogP contribution >= 0.6 is 22.6 Å². The van der Waals surface area contributed by atoms with Gasteiger partial charge in [0.05, 0.1) is 17.0 Å². The average Bonchev–Trinajstić information content (AvgIpc) is 3.07. The van der Waals surface area contributed by atoms with Gasteiger partial charge < -0.3 is 19.9 Å². The van der Waals surface area contributed by atoms with Gasteiger partial charge in [-0.15, -0.1) is 0 Å². The molecule has 1 aromatic rings. The number of amides is 2. The fourth-order valence-electron chi connectivity index (χ4n) is 2.86. The van der Waals surface area contributed by atoms with Crippen molar-refractivity contribution < 1.29 is 14.3 Å². The molecule has 1 saturated heterocycles. The van der Waals surface area contributed by atoms with Crippen molar-refractivity contribution in [2.24, 2.45) is 11.8 Å². The summed E-state index contributed by atoms with van der Waals surface area (Å²) in [6.07, 6.45) is 1.11. The number of carbonyl (C=O) groups excluding carboxylic acids is 2. The van der Waals surface area contributed by atoms with E-state index in [4.69, 9.17) is 0 Å². The number of likely N-dealkylation sites (tertiary alicyclic amines) is 1. The highest BCUT2D eigenvalue weighted by atomic mass is 127. The molecule has 0 unspecified atom stereocenters. The van der Waals surface area contributed by atoms with Crippen molar-refractivity contribution >= 4 is 34.6 Å². The van der Waals surface area contributed by atoms with E-state index in [1.54, 1.807) is 11.1 Å². The van der Waals surface area contributed by atoms with Crippen LogP contribution in [-0.4, -0.2) is 46.6 Å². The van der Waals surface area contributed by atoms with Gasteiger partial charge >= 0.3 is 6.09 Å². The maximum Gasteiger partial charge on any atom is 0.407 e. The van der Waals surface area contributed by atoms with Gasteiger partial charge in [0, 0.05) is 6.54 Å². The molecule has 0 bridgehead atoms. The second kappa shape index (κ2) is 7.54. The van der Waals surface area contributed by atoms with E-state index in [0.29, 0.717) is 12.4 Å². The van der Waals surface area contributed by atoms with E-state index >= 15 is 0 Å². The van der Waals surface area contributed by atoms with Gasteiger partial charge in [0.1, 0.15) is 17.9 Å². The van der Waals surface area contributed by atoms with Crippen molar-refractivity contribution in [3.05, 3.63) is 27.9 Å². The first-order valence-electron chi connectivity index (χ1n) is 7.80. The molecule has 0 aromatic carbocycles. The first-order chi connectivity index (χ1) is 11.3. The monoisotopic (exact) mass is 446 g/mol. The van der Waals surface area contributed by atoms with E-state index in [1.807, 2.05) is 20.8 Å². The molecular weight excluding hydrogens is 423 g/mol. The van der Waals surface area contributed by atoms with Gasteiger partial charge in [0.15, 0.2) is 0 Å². The third kappa shape index (κ3) is 3.73. The number of halogens is 1. The van der Waals surface area contributed by atoms with Gasteiger partial charge in [0.25, 0.3) is 0 Å². The molecule has 2 amide bonds. The minimum absolute atomic E-state index is 0.0711. The SMILES string of the molecule is C=C1[C@H](C)CN(C(=O)[C@@H](NC(=O)OC)C(C)C)[C@@H]1c1ncc(I)[nH]1. The van der Waals surface area contributed by atoms with Crippen molar-refractivity contribution in [2.75, 3.05) is 13.7 Å². The maximum atomic E-state index is 13.1. The van der Waals surface area contributed by atoms with E-state index < -0.39 is 12.1 Å². The number of rotatable bonds is 4. The predicted molar refractivity (Wildman–Crippen MR) is 98.2 cm³/mol. The molecule has 7 nitrogen and oxygen atoms in total. The Morgan fingerprint density at radius 2 is 2.21 bits per heavy atom. The lowest BCUT2D eigenvalue weighted by molar-refractivity contribution is -0.135. The van der Waals surface area contributed by atoms with Crippen molar-refractivity contribution in [3.8, 4) is 0 Å². The molecule has 1 fully saturated rings. The first kappa shape index (κ1) is 18.8. The third-order valence-corrected chi connectivity index (χ3v) is 4.81. The molecule has 8 heteroatoms. The second-order valence-corrected chi connectivity index (χ2v) is 7.51. The lowest BCUT2D eigenvalue weighted by Crippen LogP contribution is -2.51. The molecule has 3 atom stereocenters. The van der Waals surface area contributed by atoms with Crippen LogP contribution in [0.15, 0.2) is 18.3 Å². The Hall–Kier alpha value is -1.58. The van der Waals surface area contributed by atoms with E-state index in [-0.39, 0.29) is 23.8 Å². The van der Waals surface area contributed by atoms with E-state index in [1.165, 1.54) is 7.11 Å². The smallest absolute Gasteiger partial charge is 0.407 e. The zero-order valence-corrected chi connectivity index (χ0v) is 16.5. The largest absolute Gasteiger partial charge is 0.453 e. The third-order valence-electron chi connectivity index (χ3n) is 4.26. The quantitative estimate of drug-likeness (QED) is 0.550. The van der Waals surface area contributed by atoms with Crippen LogP contribution in [0.2, 0.25) is 0 Å². The lowest BCUT2D eigenvalue weighted by Gasteiger charge is -2.30. The Morgan fingerprint density at radius 3 is 2.71 bits per heavy atom. The van der Waals surface area contributed by atoms with Crippen molar-refractivity contribution in [1.29, 1.82) is 0 Å². The van der Waals surface area contributed by atoms with Crippen LogP contribution in [0.3, 0.4) is 0 Å². The zero-order chi connectivity index (χ0) is 18.0. The number of ether oxygens (including phenoxy) is 1. The van der Waals surface area contributed by atoms with Crippen LogP contribution in [0, 0.1) is 15.5 Å². The Bertz CT molecular complexity index is 643. The number of carbonyl (C=O) groups is 2. The van der Waals surface area contributed by atoms with Gasteiger partial charge in [-0.25, -0.2) is 9.78 Å². The minimum Gasteiger partial charge on any atom is -0.453 e.